The molecule has 8 heteroatoms. The summed E-state index contributed by atoms with van der Waals surface area (Å²) >= 11 is 1.67. The average Bonchev–Trinajstić information content (AvgIpc) is 3.33. The van der Waals surface area contributed by atoms with Gasteiger partial charge in [-0.2, -0.15) is 0 Å². The van der Waals surface area contributed by atoms with E-state index >= 15 is 0 Å². The maximum Gasteiger partial charge on any atom is 0.254 e. The van der Waals surface area contributed by atoms with Crippen molar-refractivity contribution >= 4 is 29.2 Å². The molecule has 1 N–H and O–H groups in total. The molecule has 2 aliphatic rings. The van der Waals surface area contributed by atoms with Crippen molar-refractivity contribution in [1.82, 2.24) is 15.2 Å². The van der Waals surface area contributed by atoms with Crippen LogP contribution < -0.4 is 10.1 Å². The zero-order chi connectivity index (χ0) is 23.6. The number of likely N-dealkylation sites (tertiary alicyclic amines) is 1. The van der Waals surface area contributed by atoms with Gasteiger partial charge in [-0.1, -0.05) is 6.07 Å². The molecule has 4 rings (SSSR count). The molecule has 2 saturated heterocycles. The summed E-state index contributed by atoms with van der Waals surface area (Å²) in [6.45, 7) is 7.91. The van der Waals surface area contributed by atoms with E-state index in [4.69, 9.17) is 9.72 Å². The first-order valence-corrected chi connectivity index (χ1v) is 12.2. The van der Waals surface area contributed by atoms with Crippen LogP contribution in [0.4, 0.5) is 4.39 Å². The molecule has 0 radical (unpaired) electrons. The standard InChI is InChI=1S/C25H30FN3O3S/c1-16-10-17(11-19-12-22(30)28-23(19)31)4-5-21(16)32-13-20-14-33-24(27-20)18-6-8-29(9-7-18)15-25(2,3)26/h4-5,10-11,14,18H,6-9,12-13,15H2,1-3H3,(H,28,30,31)/b19-11+. The largest absolute Gasteiger partial charge is 0.487 e. The number of benzene rings is 1. The van der Waals surface area contributed by atoms with E-state index < -0.39 is 5.67 Å². The van der Waals surface area contributed by atoms with Crippen LogP contribution >= 0.6 is 11.3 Å². The predicted octanol–water partition coefficient (Wildman–Crippen LogP) is 4.39. The molecular weight excluding hydrogens is 441 g/mol. The number of hydrogen-bond donors (Lipinski definition) is 1. The maximum atomic E-state index is 13.9. The van der Waals surface area contributed by atoms with E-state index in [0.717, 1.165) is 53.5 Å². The van der Waals surface area contributed by atoms with Gasteiger partial charge in [0, 0.05) is 23.4 Å². The molecule has 0 saturated carbocycles. The van der Waals surface area contributed by atoms with Gasteiger partial charge in [0.1, 0.15) is 18.0 Å². The van der Waals surface area contributed by atoms with Gasteiger partial charge < -0.3 is 9.64 Å². The fourth-order valence-corrected chi connectivity index (χ4v) is 5.32. The number of alkyl halides is 1. The Balaban J connectivity index is 1.31. The second-order valence-corrected chi connectivity index (χ2v) is 10.4. The van der Waals surface area contributed by atoms with Crippen molar-refractivity contribution in [2.75, 3.05) is 19.6 Å². The molecule has 1 aromatic carbocycles. The van der Waals surface area contributed by atoms with Gasteiger partial charge >= 0.3 is 0 Å². The van der Waals surface area contributed by atoms with E-state index in [1.54, 1.807) is 31.3 Å². The smallest absolute Gasteiger partial charge is 0.254 e. The number of rotatable bonds is 7. The molecule has 2 aliphatic heterocycles. The molecule has 0 atom stereocenters. The molecule has 33 heavy (non-hydrogen) atoms. The van der Waals surface area contributed by atoms with Crippen LogP contribution in [0.1, 0.15) is 60.9 Å². The highest BCUT2D eigenvalue weighted by Crippen LogP contribution is 2.31. The van der Waals surface area contributed by atoms with Crippen molar-refractivity contribution in [3.05, 3.63) is 51.0 Å². The summed E-state index contributed by atoms with van der Waals surface area (Å²) in [4.78, 5) is 30.1. The van der Waals surface area contributed by atoms with Crippen LogP contribution in [0, 0.1) is 6.92 Å². The first-order valence-electron chi connectivity index (χ1n) is 11.3. The zero-order valence-electron chi connectivity index (χ0n) is 19.3. The van der Waals surface area contributed by atoms with E-state index in [9.17, 15) is 14.0 Å². The van der Waals surface area contributed by atoms with Crippen molar-refractivity contribution < 1.29 is 18.7 Å². The van der Waals surface area contributed by atoms with Crippen molar-refractivity contribution in [2.24, 2.45) is 0 Å². The Morgan fingerprint density at radius 1 is 1.30 bits per heavy atom. The van der Waals surface area contributed by atoms with E-state index in [2.05, 4.69) is 15.6 Å². The summed E-state index contributed by atoms with van der Waals surface area (Å²) in [7, 11) is 0. The molecule has 1 aromatic heterocycles. The number of halogens is 1. The molecule has 0 bridgehead atoms. The van der Waals surface area contributed by atoms with Gasteiger partial charge in [-0.15, -0.1) is 11.3 Å². The molecule has 2 amide bonds. The van der Waals surface area contributed by atoms with Crippen LogP contribution in [0.2, 0.25) is 0 Å². The summed E-state index contributed by atoms with van der Waals surface area (Å²) in [6, 6.07) is 5.70. The van der Waals surface area contributed by atoms with Crippen molar-refractivity contribution in [2.45, 2.75) is 58.2 Å². The molecule has 0 unspecified atom stereocenters. The average molecular weight is 472 g/mol. The lowest BCUT2D eigenvalue weighted by Crippen LogP contribution is -2.40. The number of aromatic nitrogens is 1. The highest BCUT2D eigenvalue weighted by atomic mass is 32.1. The van der Waals surface area contributed by atoms with Gasteiger partial charge in [0.05, 0.1) is 17.1 Å². The summed E-state index contributed by atoms with van der Waals surface area (Å²) in [6.07, 6.45) is 3.87. The number of imide groups is 1. The minimum absolute atomic E-state index is 0.120. The van der Waals surface area contributed by atoms with Crippen molar-refractivity contribution in [1.29, 1.82) is 0 Å². The van der Waals surface area contributed by atoms with Crippen molar-refractivity contribution in [3.63, 3.8) is 0 Å². The van der Waals surface area contributed by atoms with Crippen LogP contribution in [0.3, 0.4) is 0 Å². The normalized spacial score (nSPS) is 19.3. The van der Waals surface area contributed by atoms with Crippen LogP contribution in [-0.2, 0) is 16.2 Å². The third kappa shape index (κ3) is 6.26. The Kier molecular flexibility index (Phi) is 6.95. The molecule has 176 valence electrons. The Bertz CT molecular complexity index is 1070. The van der Waals surface area contributed by atoms with Gasteiger partial charge in [-0.3, -0.25) is 14.9 Å². The first-order chi connectivity index (χ1) is 15.7. The van der Waals surface area contributed by atoms with Gasteiger partial charge in [-0.05, 0) is 76.0 Å². The third-order valence-corrected chi connectivity index (χ3v) is 6.97. The molecule has 2 aromatic rings. The van der Waals surface area contributed by atoms with Gasteiger partial charge in [0.2, 0.25) is 5.91 Å². The van der Waals surface area contributed by atoms with Crippen LogP contribution in [0.25, 0.3) is 6.08 Å². The van der Waals surface area contributed by atoms with Gasteiger partial charge in [-0.25, -0.2) is 9.37 Å². The topological polar surface area (TPSA) is 71.5 Å². The summed E-state index contributed by atoms with van der Waals surface area (Å²) in [5.41, 5.74) is 2.04. The first kappa shape index (κ1) is 23.6. The van der Waals surface area contributed by atoms with Gasteiger partial charge in [0.25, 0.3) is 5.91 Å². The molecule has 2 fully saturated rings. The van der Waals surface area contributed by atoms with Crippen molar-refractivity contribution in [3.8, 4) is 5.75 Å². The Labute approximate surface area is 197 Å². The number of ether oxygens (including phenoxy) is 1. The molecule has 6 nitrogen and oxygen atoms in total. The molecule has 0 spiro atoms. The number of carbonyl (C=O) groups is 2. The minimum Gasteiger partial charge on any atom is -0.487 e. The number of piperidine rings is 1. The number of nitrogens with zero attached hydrogens (tertiary/aromatic N) is 2. The Morgan fingerprint density at radius 3 is 2.70 bits per heavy atom. The lowest BCUT2D eigenvalue weighted by atomic mass is 9.96. The minimum atomic E-state index is -1.16. The number of carbonyl (C=O) groups excluding carboxylic acids is 2. The number of nitrogens with one attached hydrogen (secondary N) is 1. The summed E-state index contributed by atoms with van der Waals surface area (Å²) in [5.74, 6) is 0.603. The number of amides is 2. The third-order valence-electron chi connectivity index (χ3n) is 5.92. The van der Waals surface area contributed by atoms with Crippen LogP contribution in [0.5, 0.6) is 5.75 Å². The second kappa shape index (κ2) is 9.73. The number of hydrogen-bond acceptors (Lipinski definition) is 6. The van der Waals surface area contributed by atoms with E-state index in [-0.39, 0.29) is 18.2 Å². The fraction of sp³-hybridized carbons (Fsp3) is 0.480. The van der Waals surface area contributed by atoms with E-state index in [0.29, 0.717) is 24.6 Å². The Hall–Kier alpha value is -2.58. The lowest BCUT2D eigenvalue weighted by molar-refractivity contribution is -0.124. The molecular formula is C25H30FN3O3S. The number of thiazole rings is 1. The SMILES string of the molecule is Cc1cc(/C=C2\CC(=O)NC2=O)ccc1OCc1csc(C2CCN(CC(C)(C)F)CC2)n1. The second-order valence-electron chi connectivity index (χ2n) is 9.48. The predicted molar refractivity (Wildman–Crippen MR) is 127 cm³/mol. The Morgan fingerprint density at radius 2 is 2.06 bits per heavy atom. The quantitative estimate of drug-likeness (QED) is 0.479. The molecule has 0 aliphatic carbocycles. The summed E-state index contributed by atoms with van der Waals surface area (Å²) in [5, 5.41) is 5.48. The lowest BCUT2D eigenvalue weighted by Gasteiger charge is -2.33. The number of aryl methyl sites for hydroxylation is 1. The maximum absolute atomic E-state index is 13.9. The van der Waals surface area contributed by atoms with Crippen LogP contribution in [-0.4, -0.2) is 47.0 Å². The highest BCUT2D eigenvalue weighted by molar-refractivity contribution is 7.09. The van der Waals surface area contributed by atoms with Gasteiger partial charge in [0.15, 0.2) is 0 Å². The highest BCUT2D eigenvalue weighted by Gasteiger charge is 2.27. The zero-order valence-corrected chi connectivity index (χ0v) is 20.1. The fourth-order valence-electron chi connectivity index (χ4n) is 4.34. The van der Waals surface area contributed by atoms with E-state index in [1.165, 1.54) is 0 Å². The van der Waals surface area contributed by atoms with Crippen LogP contribution in [0.15, 0.2) is 29.2 Å². The molecule has 3 heterocycles. The monoisotopic (exact) mass is 471 g/mol. The summed E-state index contributed by atoms with van der Waals surface area (Å²) < 4.78 is 19.9. The van der Waals surface area contributed by atoms with E-state index in [1.807, 2.05) is 25.1 Å².